The topological polar surface area (TPSA) is 92.7 Å². The first-order valence-corrected chi connectivity index (χ1v) is 6.51. The second-order valence-electron chi connectivity index (χ2n) is 4.76. The van der Waals surface area contributed by atoms with E-state index in [0.717, 1.165) is 5.56 Å². The van der Waals surface area contributed by atoms with Crippen molar-refractivity contribution in [3.05, 3.63) is 29.8 Å². The van der Waals surface area contributed by atoms with Crippen LogP contribution in [0.15, 0.2) is 24.3 Å². The van der Waals surface area contributed by atoms with Gasteiger partial charge in [-0.2, -0.15) is 0 Å². The number of nitrogens with zero attached hydrogens (tertiary/aromatic N) is 2. The maximum Gasteiger partial charge on any atom is 0.236 e. The van der Waals surface area contributed by atoms with E-state index in [1.165, 1.54) is 0 Å². The van der Waals surface area contributed by atoms with Crippen LogP contribution < -0.4 is 11.5 Å². The molecule has 1 rings (SSSR count). The van der Waals surface area contributed by atoms with E-state index in [1.54, 1.807) is 22.9 Å². The molecule has 110 valence electrons. The van der Waals surface area contributed by atoms with Crippen molar-refractivity contribution < 1.29 is 9.59 Å². The highest BCUT2D eigenvalue weighted by atomic mass is 16.2. The Hall–Kier alpha value is -2.08. The SMILES string of the molecule is CCN(C)C(=O)CN(CC(N)=O)Cc1cccc(N)c1. The lowest BCUT2D eigenvalue weighted by molar-refractivity contribution is -0.131. The van der Waals surface area contributed by atoms with Gasteiger partial charge in [0, 0.05) is 25.8 Å². The molecule has 2 amide bonds. The maximum absolute atomic E-state index is 11.9. The van der Waals surface area contributed by atoms with Gasteiger partial charge in [-0.3, -0.25) is 14.5 Å². The minimum absolute atomic E-state index is 0.0398. The van der Waals surface area contributed by atoms with Crippen molar-refractivity contribution in [3.8, 4) is 0 Å². The third kappa shape index (κ3) is 5.27. The van der Waals surface area contributed by atoms with E-state index in [4.69, 9.17) is 11.5 Å². The van der Waals surface area contributed by atoms with Crippen LogP contribution >= 0.6 is 0 Å². The smallest absolute Gasteiger partial charge is 0.236 e. The fourth-order valence-corrected chi connectivity index (χ4v) is 1.83. The summed E-state index contributed by atoms with van der Waals surface area (Å²) in [6, 6.07) is 7.35. The van der Waals surface area contributed by atoms with E-state index in [1.807, 2.05) is 25.1 Å². The molecule has 0 heterocycles. The molecule has 0 fully saturated rings. The standard InChI is InChI=1S/C14H22N4O2/c1-3-17(2)14(20)10-18(9-13(16)19)8-11-5-4-6-12(15)7-11/h4-7H,3,8-10,15H2,1-2H3,(H2,16,19). The number of carbonyl (C=O) groups excluding carboxylic acids is 2. The second kappa shape index (κ2) is 7.49. The summed E-state index contributed by atoms with van der Waals surface area (Å²) < 4.78 is 0. The zero-order valence-corrected chi connectivity index (χ0v) is 12.0. The van der Waals surface area contributed by atoms with Crippen molar-refractivity contribution in [2.45, 2.75) is 13.5 Å². The molecular formula is C14H22N4O2. The van der Waals surface area contributed by atoms with Crippen LogP contribution in [0.4, 0.5) is 5.69 Å². The predicted molar refractivity (Wildman–Crippen MR) is 78.6 cm³/mol. The zero-order chi connectivity index (χ0) is 15.1. The number of hydrogen-bond acceptors (Lipinski definition) is 4. The summed E-state index contributed by atoms with van der Waals surface area (Å²) in [5.41, 5.74) is 12.5. The van der Waals surface area contributed by atoms with Gasteiger partial charge >= 0.3 is 0 Å². The van der Waals surface area contributed by atoms with Crippen molar-refractivity contribution in [2.75, 3.05) is 32.4 Å². The number of benzene rings is 1. The fraction of sp³-hybridized carbons (Fsp3) is 0.429. The summed E-state index contributed by atoms with van der Waals surface area (Å²) in [5.74, 6) is -0.501. The van der Waals surface area contributed by atoms with Crippen LogP contribution in [0.2, 0.25) is 0 Å². The molecule has 0 bridgehead atoms. The molecule has 0 radical (unpaired) electrons. The molecule has 1 aromatic rings. The van der Waals surface area contributed by atoms with Crippen molar-refractivity contribution in [1.82, 2.24) is 9.80 Å². The van der Waals surface area contributed by atoms with Crippen molar-refractivity contribution in [2.24, 2.45) is 5.73 Å². The number of anilines is 1. The highest BCUT2D eigenvalue weighted by molar-refractivity contribution is 5.80. The molecule has 0 aliphatic rings. The monoisotopic (exact) mass is 278 g/mol. The second-order valence-corrected chi connectivity index (χ2v) is 4.76. The van der Waals surface area contributed by atoms with Crippen LogP contribution in [-0.2, 0) is 16.1 Å². The summed E-state index contributed by atoms with van der Waals surface area (Å²) in [7, 11) is 1.73. The van der Waals surface area contributed by atoms with E-state index in [-0.39, 0.29) is 19.0 Å². The Morgan fingerprint density at radius 3 is 2.50 bits per heavy atom. The zero-order valence-electron chi connectivity index (χ0n) is 12.0. The molecule has 6 heteroatoms. The van der Waals surface area contributed by atoms with Gasteiger partial charge in [-0.25, -0.2) is 0 Å². The number of nitrogen functional groups attached to an aromatic ring is 1. The lowest BCUT2D eigenvalue weighted by atomic mass is 10.2. The molecular weight excluding hydrogens is 256 g/mol. The summed E-state index contributed by atoms with van der Waals surface area (Å²) in [4.78, 5) is 26.4. The van der Waals surface area contributed by atoms with Gasteiger partial charge in [-0.05, 0) is 24.6 Å². The number of rotatable bonds is 7. The Balaban J connectivity index is 2.74. The Morgan fingerprint density at radius 1 is 1.25 bits per heavy atom. The van der Waals surface area contributed by atoms with E-state index < -0.39 is 5.91 Å². The van der Waals surface area contributed by atoms with Crippen molar-refractivity contribution in [1.29, 1.82) is 0 Å². The Bertz CT molecular complexity index is 476. The van der Waals surface area contributed by atoms with Crippen molar-refractivity contribution in [3.63, 3.8) is 0 Å². The van der Waals surface area contributed by atoms with Gasteiger partial charge in [0.25, 0.3) is 0 Å². The minimum Gasteiger partial charge on any atom is -0.399 e. The first-order valence-electron chi connectivity index (χ1n) is 6.51. The van der Waals surface area contributed by atoms with Crippen LogP contribution in [0.5, 0.6) is 0 Å². The molecule has 1 aromatic carbocycles. The third-order valence-electron chi connectivity index (χ3n) is 3.00. The van der Waals surface area contributed by atoms with Crippen LogP contribution in [0.3, 0.4) is 0 Å². The van der Waals surface area contributed by atoms with Crippen LogP contribution in [0.1, 0.15) is 12.5 Å². The van der Waals surface area contributed by atoms with Gasteiger partial charge in [0.1, 0.15) is 0 Å². The highest BCUT2D eigenvalue weighted by Crippen LogP contribution is 2.09. The van der Waals surface area contributed by atoms with Gasteiger partial charge in [-0.1, -0.05) is 12.1 Å². The number of carbonyl (C=O) groups is 2. The highest BCUT2D eigenvalue weighted by Gasteiger charge is 2.15. The third-order valence-corrected chi connectivity index (χ3v) is 3.00. The van der Waals surface area contributed by atoms with E-state index in [9.17, 15) is 9.59 Å². The van der Waals surface area contributed by atoms with Gasteiger partial charge in [0.15, 0.2) is 0 Å². The molecule has 0 spiro atoms. The van der Waals surface area contributed by atoms with Gasteiger partial charge in [-0.15, -0.1) is 0 Å². The normalized spacial score (nSPS) is 10.6. The number of likely N-dealkylation sites (N-methyl/N-ethyl adjacent to an activating group) is 1. The van der Waals surface area contributed by atoms with Crippen LogP contribution in [-0.4, -0.2) is 48.3 Å². The minimum atomic E-state index is -0.458. The summed E-state index contributed by atoms with van der Waals surface area (Å²) in [6.07, 6.45) is 0. The quantitative estimate of drug-likeness (QED) is 0.688. The van der Waals surface area contributed by atoms with Crippen molar-refractivity contribution >= 4 is 17.5 Å². The van der Waals surface area contributed by atoms with Crippen LogP contribution in [0, 0.1) is 0 Å². The molecule has 0 aromatic heterocycles. The molecule has 0 aliphatic carbocycles. The van der Waals surface area contributed by atoms with E-state index >= 15 is 0 Å². The summed E-state index contributed by atoms with van der Waals surface area (Å²) in [6.45, 7) is 3.17. The average molecular weight is 278 g/mol. The molecule has 0 unspecified atom stereocenters. The summed E-state index contributed by atoms with van der Waals surface area (Å²) in [5, 5.41) is 0. The largest absolute Gasteiger partial charge is 0.399 e. The molecule has 6 nitrogen and oxygen atoms in total. The first-order chi connectivity index (χ1) is 9.42. The van der Waals surface area contributed by atoms with Crippen LogP contribution in [0.25, 0.3) is 0 Å². The molecule has 0 saturated heterocycles. The molecule has 0 saturated carbocycles. The Morgan fingerprint density at radius 2 is 1.95 bits per heavy atom. The molecule has 0 aliphatic heterocycles. The number of amides is 2. The fourth-order valence-electron chi connectivity index (χ4n) is 1.83. The average Bonchev–Trinajstić information content (AvgIpc) is 2.36. The lowest BCUT2D eigenvalue weighted by Gasteiger charge is -2.23. The lowest BCUT2D eigenvalue weighted by Crippen LogP contribution is -2.41. The molecule has 20 heavy (non-hydrogen) atoms. The molecule has 0 atom stereocenters. The summed E-state index contributed by atoms with van der Waals surface area (Å²) >= 11 is 0. The van der Waals surface area contributed by atoms with E-state index in [0.29, 0.717) is 18.8 Å². The maximum atomic E-state index is 11.9. The van der Waals surface area contributed by atoms with Gasteiger partial charge in [0.05, 0.1) is 13.1 Å². The van der Waals surface area contributed by atoms with Gasteiger partial charge < -0.3 is 16.4 Å². The number of nitrogens with two attached hydrogens (primary N) is 2. The Kier molecular flexibility index (Phi) is 5.99. The number of primary amides is 1. The van der Waals surface area contributed by atoms with E-state index in [2.05, 4.69) is 0 Å². The first kappa shape index (κ1) is 16.0. The predicted octanol–water partition coefficient (Wildman–Crippen LogP) is 0.0344. The Labute approximate surface area is 119 Å². The van der Waals surface area contributed by atoms with Gasteiger partial charge in [0.2, 0.25) is 11.8 Å². The molecule has 4 N–H and O–H groups in total. The number of hydrogen-bond donors (Lipinski definition) is 2.